The molecule has 0 aromatic carbocycles. The summed E-state index contributed by atoms with van der Waals surface area (Å²) in [5, 5.41) is 0. The standard InChI is InChI=1S/C8H15N/c1-4-6-3-7(6)8(4)5(2)9/h4-8H,3,9H2,1-2H3/t4-,5-,6?,7?,8?/m1/s1. The lowest BCUT2D eigenvalue weighted by Gasteiger charge is -2.36. The fourth-order valence-electron chi connectivity index (χ4n) is 2.68. The van der Waals surface area contributed by atoms with Gasteiger partial charge in [-0.05, 0) is 37.0 Å². The number of nitrogens with two attached hydrogens (primary N) is 1. The van der Waals surface area contributed by atoms with Crippen LogP contribution in [0.3, 0.4) is 0 Å². The molecule has 52 valence electrons. The highest BCUT2D eigenvalue weighted by Crippen LogP contribution is 2.64. The van der Waals surface area contributed by atoms with Crippen LogP contribution in [0.15, 0.2) is 0 Å². The zero-order valence-electron chi connectivity index (χ0n) is 6.17. The van der Waals surface area contributed by atoms with Crippen molar-refractivity contribution in [1.82, 2.24) is 0 Å². The van der Waals surface area contributed by atoms with Crippen LogP contribution in [0, 0.1) is 23.7 Å². The average Bonchev–Trinajstić information content (AvgIpc) is 2.41. The Morgan fingerprint density at radius 2 is 2.11 bits per heavy atom. The average molecular weight is 125 g/mol. The second-order valence-electron chi connectivity index (χ2n) is 3.86. The monoisotopic (exact) mass is 125 g/mol. The van der Waals surface area contributed by atoms with Crippen molar-refractivity contribution in [2.75, 3.05) is 0 Å². The summed E-state index contributed by atoms with van der Waals surface area (Å²) >= 11 is 0. The number of fused-ring (bicyclic) bond motifs is 1. The van der Waals surface area contributed by atoms with E-state index in [2.05, 4.69) is 13.8 Å². The van der Waals surface area contributed by atoms with Crippen molar-refractivity contribution in [2.45, 2.75) is 26.3 Å². The highest BCUT2D eigenvalue weighted by molar-refractivity contribution is 5.09. The lowest BCUT2D eigenvalue weighted by atomic mass is 9.71. The van der Waals surface area contributed by atoms with Crippen molar-refractivity contribution < 1.29 is 0 Å². The van der Waals surface area contributed by atoms with Crippen LogP contribution in [0.2, 0.25) is 0 Å². The Morgan fingerprint density at radius 3 is 2.33 bits per heavy atom. The molecule has 0 saturated heterocycles. The maximum absolute atomic E-state index is 5.81. The van der Waals surface area contributed by atoms with Crippen molar-refractivity contribution in [3.05, 3.63) is 0 Å². The molecule has 9 heavy (non-hydrogen) atoms. The van der Waals surface area contributed by atoms with Crippen LogP contribution in [0.4, 0.5) is 0 Å². The van der Waals surface area contributed by atoms with Crippen molar-refractivity contribution in [3.8, 4) is 0 Å². The summed E-state index contributed by atoms with van der Waals surface area (Å²) in [5.74, 6) is 3.94. The van der Waals surface area contributed by atoms with Gasteiger partial charge < -0.3 is 5.73 Å². The molecule has 0 aromatic heterocycles. The normalized spacial score (nSPS) is 57.7. The van der Waals surface area contributed by atoms with Crippen molar-refractivity contribution in [1.29, 1.82) is 0 Å². The highest BCUT2D eigenvalue weighted by atomic mass is 14.7. The third-order valence-corrected chi connectivity index (χ3v) is 3.28. The lowest BCUT2D eigenvalue weighted by Crippen LogP contribution is -2.40. The van der Waals surface area contributed by atoms with Crippen molar-refractivity contribution in [3.63, 3.8) is 0 Å². The molecule has 2 N–H and O–H groups in total. The molecule has 0 radical (unpaired) electrons. The van der Waals surface area contributed by atoms with E-state index in [0.717, 1.165) is 23.7 Å². The first-order chi connectivity index (χ1) is 4.22. The Balaban J connectivity index is 1.99. The predicted molar refractivity (Wildman–Crippen MR) is 37.9 cm³/mol. The van der Waals surface area contributed by atoms with Crippen LogP contribution in [0.5, 0.6) is 0 Å². The Kier molecular flexibility index (Phi) is 0.963. The molecule has 2 aliphatic carbocycles. The Labute approximate surface area is 56.6 Å². The number of hydrogen-bond donors (Lipinski definition) is 1. The van der Waals surface area contributed by atoms with Crippen molar-refractivity contribution in [2.24, 2.45) is 29.4 Å². The molecule has 0 aliphatic heterocycles. The first kappa shape index (κ1) is 5.72. The summed E-state index contributed by atoms with van der Waals surface area (Å²) in [6, 6.07) is 0.448. The number of hydrogen-bond acceptors (Lipinski definition) is 1. The predicted octanol–water partition coefficient (Wildman–Crippen LogP) is 1.24. The largest absolute Gasteiger partial charge is 0.328 e. The van der Waals surface area contributed by atoms with E-state index in [4.69, 9.17) is 5.73 Å². The van der Waals surface area contributed by atoms with E-state index in [1.165, 1.54) is 6.42 Å². The van der Waals surface area contributed by atoms with Gasteiger partial charge in [-0.25, -0.2) is 0 Å². The first-order valence-corrected chi connectivity index (χ1v) is 3.97. The van der Waals surface area contributed by atoms with Gasteiger partial charge in [0.2, 0.25) is 0 Å². The minimum Gasteiger partial charge on any atom is -0.328 e. The van der Waals surface area contributed by atoms with E-state index >= 15 is 0 Å². The maximum Gasteiger partial charge on any atom is 0.00441 e. The van der Waals surface area contributed by atoms with Crippen LogP contribution in [-0.4, -0.2) is 6.04 Å². The molecule has 3 unspecified atom stereocenters. The minimum atomic E-state index is 0.448. The summed E-state index contributed by atoms with van der Waals surface area (Å²) in [6.07, 6.45) is 1.48. The Morgan fingerprint density at radius 1 is 1.44 bits per heavy atom. The molecular formula is C8H15N. The third kappa shape index (κ3) is 0.586. The van der Waals surface area contributed by atoms with Crippen LogP contribution in [0.25, 0.3) is 0 Å². The molecule has 2 aliphatic rings. The van der Waals surface area contributed by atoms with E-state index in [1.54, 1.807) is 0 Å². The van der Waals surface area contributed by atoms with Crippen LogP contribution in [-0.2, 0) is 0 Å². The summed E-state index contributed by atoms with van der Waals surface area (Å²) in [4.78, 5) is 0. The van der Waals surface area contributed by atoms with Crippen LogP contribution >= 0.6 is 0 Å². The SMILES string of the molecule is C[C@@H]1C2CC2C1[C@@H](C)N. The molecule has 1 heteroatoms. The second-order valence-corrected chi connectivity index (χ2v) is 3.86. The van der Waals surface area contributed by atoms with Gasteiger partial charge in [-0.15, -0.1) is 0 Å². The third-order valence-electron chi connectivity index (χ3n) is 3.28. The van der Waals surface area contributed by atoms with E-state index in [0.29, 0.717) is 6.04 Å². The molecule has 2 rings (SSSR count). The highest BCUT2D eigenvalue weighted by Gasteiger charge is 2.59. The summed E-state index contributed by atoms with van der Waals surface area (Å²) < 4.78 is 0. The summed E-state index contributed by atoms with van der Waals surface area (Å²) in [6.45, 7) is 4.50. The quantitative estimate of drug-likeness (QED) is 0.560. The zero-order valence-corrected chi connectivity index (χ0v) is 6.17. The van der Waals surface area contributed by atoms with Gasteiger partial charge in [0.05, 0.1) is 0 Å². The topological polar surface area (TPSA) is 26.0 Å². The van der Waals surface area contributed by atoms with Gasteiger partial charge in [0.15, 0.2) is 0 Å². The van der Waals surface area contributed by atoms with Gasteiger partial charge in [-0.2, -0.15) is 0 Å². The van der Waals surface area contributed by atoms with Crippen LogP contribution in [0.1, 0.15) is 20.3 Å². The van der Waals surface area contributed by atoms with E-state index in [9.17, 15) is 0 Å². The van der Waals surface area contributed by atoms with Gasteiger partial charge in [0.1, 0.15) is 0 Å². The van der Waals surface area contributed by atoms with Gasteiger partial charge >= 0.3 is 0 Å². The van der Waals surface area contributed by atoms with E-state index in [-0.39, 0.29) is 0 Å². The lowest BCUT2D eigenvalue weighted by molar-refractivity contribution is 0.147. The molecule has 0 aromatic rings. The van der Waals surface area contributed by atoms with Gasteiger partial charge in [0, 0.05) is 6.04 Å². The fourth-order valence-corrected chi connectivity index (χ4v) is 2.68. The first-order valence-electron chi connectivity index (χ1n) is 3.97. The maximum atomic E-state index is 5.81. The molecule has 0 bridgehead atoms. The molecule has 0 amide bonds. The van der Waals surface area contributed by atoms with Crippen molar-refractivity contribution >= 4 is 0 Å². The minimum absolute atomic E-state index is 0.448. The fraction of sp³-hybridized carbons (Fsp3) is 1.00. The van der Waals surface area contributed by atoms with Crippen LogP contribution < -0.4 is 5.73 Å². The number of rotatable bonds is 1. The summed E-state index contributed by atoms with van der Waals surface area (Å²) in [5.41, 5.74) is 5.81. The van der Waals surface area contributed by atoms with Gasteiger partial charge in [-0.1, -0.05) is 6.92 Å². The molecule has 2 saturated carbocycles. The van der Waals surface area contributed by atoms with Gasteiger partial charge in [0.25, 0.3) is 0 Å². The van der Waals surface area contributed by atoms with E-state index < -0.39 is 0 Å². The second kappa shape index (κ2) is 1.51. The van der Waals surface area contributed by atoms with E-state index in [1.807, 2.05) is 0 Å². The molecule has 0 heterocycles. The molecule has 1 nitrogen and oxygen atoms in total. The summed E-state index contributed by atoms with van der Waals surface area (Å²) in [7, 11) is 0. The Hall–Kier alpha value is -0.0400. The zero-order chi connectivity index (χ0) is 6.59. The molecule has 0 spiro atoms. The smallest absolute Gasteiger partial charge is 0.00441 e. The molecular weight excluding hydrogens is 110 g/mol. The van der Waals surface area contributed by atoms with Gasteiger partial charge in [-0.3, -0.25) is 0 Å². The Bertz CT molecular complexity index is 129. The molecule has 5 atom stereocenters. The molecule has 2 fully saturated rings.